The maximum absolute atomic E-state index is 12.6. The summed E-state index contributed by atoms with van der Waals surface area (Å²) < 4.78 is 0.881. The number of carbonyl (C=O) groups excluding carboxylic acids is 1. The van der Waals surface area contributed by atoms with Gasteiger partial charge in [-0.3, -0.25) is 4.79 Å². The summed E-state index contributed by atoms with van der Waals surface area (Å²) in [4.78, 5) is 17.0. The molecular weight excluding hydrogens is 354 g/mol. The second-order valence-corrected chi connectivity index (χ2v) is 9.44. The van der Waals surface area contributed by atoms with Gasteiger partial charge in [0.1, 0.15) is 0 Å². The molecule has 0 aromatic carbocycles. The molecule has 1 aromatic heterocycles. The Hall–Kier alpha value is -0.860. The van der Waals surface area contributed by atoms with Gasteiger partial charge in [0, 0.05) is 32.2 Å². The number of hydrogen-bond donors (Lipinski definition) is 1. The van der Waals surface area contributed by atoms with Crippen molar-refractivity contribution in [3.63, 3.8) is 0 Å². The lowest BCUT2D eigenvalue weighted by Crippen LogP contribution is -2.50. The zero-order valence-electron chi connectivity index (χ0n) is 15.2. The number of anilines is 1. The fourth-order valence-corrected chi connectivity index (χ4v) is 5.54. The van der Waals surface area contributed by atoms with Crippen molar-refractivity contribution in [3.05, 3.63) is 0 Å². The molecule has 1 aliphatic heterocycles. The summed E-state index contributed by atoms with van der Waals surface area (Å²) in [6.45, 7) is 8.85. The van der Waals surface area contributed by atoms with Crippen LogP contribution in [0.4, 0.5) is 5.13 Å². The van der Waals surface area contributed by atoms with Gasteiger partial charge in [-0.2, -0.15) is 0 Å². The molecule has 1 saturated carbocycles. The summed E-state index contributed by atoms with van der Waals surface area (Å²) in [7, 11) is 0. The van der Waals surface area contributed by atoms with Gasteiger partial charge in [-0.1, -0.05) is 49.3 Å². The fraction of sp³-hybridized carbons (Fsp3) is 0.824. The van der Waals surface area contributed by atoms with E-state index in [0.29, 0.717) is 6.04 Å². The topological polar surface area (TPSA) is 61.4 Å². The van der Waals surface area contributed by atoms with Crippen LogP contribution in [0.3, 0.4) is 0 Å². The Kier molecular flexibility index (Phi) is 6.95. The van der Waals surface area contributed by atoms with Crippen LogP contribution in [0, 0.1) is 0 Å². The number of thioether (sulfide) groups is 1. The van der Waals surface area contributed by atoms with Crippen LogP contribution in [0.2, 0.25) is 0 Å². The van der Waals surface area contributed by atoms with Crippen molar-refractivity contribution in [3.8, 4) is 0 Å². The summed E-state index contributed by atoms with van der Waals surface area (Å²) in [6.07, 6.45) is 6.40. The third-order valence-electron chi connectivity index (χ3n) is 5.10. The molecule has 0 unspecified atom stereocenters. The molecule has 2 fully saturated rings. The number of piperazine rings is 1. The molecule has 1 saturated heterocycles. The number of aromatic nitrogens is 2. The monoisotopic (exact) mass is 383 g/mol. The van der Waals surface area contributed by atoms with Crippen LogP contribution in [0.15, 0.2) is 4.34 Å². The van der Waals surface area contributed by atoms with Gasteiger partial charge in [0.15, 0.2) is 4.34 Å². The highest BCUT2D eigenvalue weighted by atomic mass is 32.2. The molecule has 1 aromatic rings. The van der Waals surface area contributed by atoms with E-state index in [2.05, 4.69) is 27.3 Å². The van der Waals surface area contributed by atoms with Gasteiger partial charge in [0.25, 0.3) is 0 Å². The first-order valence-electron chi connectivity index (χ1n) is 9.43. The minimum atomic E-state index is -0.108. The van der Waals surface area contributed by atoms with Crippen LogP contribution in [0.25, 0.3) is 0 Å². The maximum Gasteiger partial charge on any atom is 0.235 e. The first-order chi connectivity index (χ1) is 12.2. The molecule has 25 heavy (non-hydrogen) atoms. The van der Waals surface area contributed by atoms with Gasteiger partial charge in [-0.25, -0.2) is 0 Å². The Balaban J connectivity index is 1.47. The number of nitrogens with one attached hydrogen (secondary N) is 1. The number of hydrogen-bond acceptors (Lipinski definition) is 7. The van der Waals surface area contributed by atoms with Crippen molar-refractivity contribution in [1.82, 2.24) is 20.0 Å². The Morgan fingerprint density at radius 3 is 2.64 bits per heavy atom. The lowest BCUT2D eigenvalue weighted by Gasteiger charge is -2.35. The molecule has 8 heteroatoms. The number of amides is 1. The number of carbonyl (C=O) groups is 1. The van der Waals surface area contributed by atoms with Crippen LogP contribution >= 0.6 is 23.1 Å². The number of likely N-dealkylation sites (N-methyl/N-ethyl adjacent to an activating group) is 1. The first kappa shape index (κ1) is 18.9. The SMILES string of the molecule is CCN1CCN(C(=O)[C@@H](C)Sc2nnc(NC3CCCCC3)s2)CC1. The third-order valence-corrected chi connectivity index (χ3v) is 7.12. The number of rotatable bonds is 6. The van der Waals surface area contributed by atoms with Gasteiger partial charge < -0.3 is 15.1 Å². The Labute approximate surface area is 158 Å². The zero-order chi connectivity index (χ0) is 17.6. The standard InChI is InChI=1S/C17H29N5OS2/c1-3-21-9-11-22(12-10-21)15(23)13(2)24-17-20-19-16(25-17)18-14-7-5-4-6-8-14/h13-14H,3-12H2,1-2H3,(H,18,19)/t13-/m1/s1. The molecule has 2 heterocycles. The molecule has 0 bridgehead atoms. The van der Waals surface area contributed by atoms with E-state index in [1.54, 1.807) is 11.3 Å². The van der Waals surface area contributed by atoms with E-state index in [1.165, 1.54) is 43.9 Å². The largest absolute Gasteiger partial charge is 0.357 e. The lowest BCUT2D eigenvalue weighted by molar-refractivity contribution is -0.132. The van der Waals surface area contributed by atoms with Crippen molar-refractivity contribution in [2.24, 2.45) is 0 Å². The average Bonchev–Trinajstić information content (AvgIpc) is 3.08. The maximum atomic E-state index is 12.6. The van der Waals surface area contributed by atoms with Crippen LogP contribution in [0.5, 0.6) is 0 Å². The Morgan fingerprint density at radius 1 is 1.24 bits per heavy atom. The highest BCUT2D eigenvalue weighted by Crippen LogP contribution is 2.31. The molecule has 0 spiro atoms. The second-order valence-electron chi connectivity index (χ2n) is 6.87. The van der Waals surface area contributed by atoms with E-state index >= 15 is 0 Å². The van der Waals surface area contributed by atoms with Crippen molar-refractivity contribution in [2.45, 2.75) is 61.6 Å². The number of nitrogens with zero attached hydrogens (tertiary/aromatic N) is 4. The summed E-state index contributed by atoms with van der Waals surface area (Å²) in [6, 6.07) is 0.536. The van der Waals surface area contributed by atoms with E-state index in [4.69, 9.17) is 0 Å². The van der Waals surface area contributed by atoms with Gasteiger partial charge in [-0.05, 0) is 26.3 Å². The van der Waals surface area contributed by atoms with Gasteiger partial charge >= 0.3 is 0 Å². The van der Waals surface area contributed by atoms with E-state index < -0.39 is 0 Å². The lowest BCUT2D eigenvalue weighted by atomic mass is 9.96. The summed E-state index contributed by atoms with van der Waals surface area (Å²) >= 11 is 3.11. The molecule has 1 aliphatic carbocycles. The van der Waals surface area contributed by atoms with E-state index in [1.807, 2.05) is 11.8 Å². The van der Waals surface area contributed by atoms with Crippen LogP contribution in [-0.4, -0.2) is 69.9 Å². The minimum Gasteiger partial charge on any atom is -0.357 e. The molecule has 0 radical (unpaired) electrons. The van der Waals surface area contributed by atoms with Crippen molar-refractivity contribution >= 4 is 34.1 Å². The normalized spacial score (nSPS) is 21.3. The predicted molar refractivity (Wildman–Crippen MR) is 104 cm³/mol. The van der Waals surface area contributed by atoms with Crippen LogP contribution in [0.1, 0.15) is 46.0 Å². The molecule has 140 valence electrons. The van der Waals surface area contributed by atoms with Gasteiger partial charge in [0.05, 0.1) is 5.25 Å². The first-order valence-corrected chi connectivity index (χ1v) is 11.1. The predicted octanol–water partition coefficient (Wildman–Crippen LogP) is 2.93. The Bertz CT molecular complexity index is 553. The van der Waals surface area contributed by atoms with Crippen molar-refractivity contribution in [2.75, 3.05) is 38.0 Å². The van der Waals surface area contributed by atoms with E-state index in [0.717, 1.165) is 42.2 Å². The molecule has 2 aliphatic rings. The Morgan fingerprint density at radius 2 is 1.96 bits per heavy atom. The molecule has 1 amide bonds. The van der Waals surface area contributed by atoms with E-state index in [9.17, 15) is 4.79 Å². The fourth-order valence-electron chi connectivity index (χ4n) is 3.48. The molecular formula is C17H29N5OS2. The smallest absolute Gasteiger partial charge is 0.235 e. The van der Waals surface area contributed by atoms with Crippen LogP contribution < -0.4 is 5.32 Å². The zero-order valence-corrected chi connectivity index (χ0v) is 16.9. The van der Waals surface area contributed by atoms with E-state index in [-0.39, 0.29) is 11.2 Å². The molecule has 3 rings (SSSR count). The van der Waals surface area contributed by atoms with Gasteiger partial charge in [-0.15, -0.1) is 10.2 Å². The van der Waals surface area contributed by atoms with Crippen molar-refractivity contribution < 1.29 is 4.79 Å². The third kappa shape index (κ3) is 5.31. The second kappa shape index (κ2) is 9.19. The highest BCUT2D eigenvalue weighted by molar-refractivity contribution is 8.02. The molecule has 1 N–H and O–H groups in total. The summed E-state index contributed by atoms with van der Waals surface area (Å²) in [5, 5.41) is 12.8. The van der Waals surface area contributed by atoms with Gasteiger partial charge in [0.2, 0.25) is 11.0 Å². The molecule has 1 atom stereocenters. The van der Waals surface area contributed by atoms with Crippen molar-refractivity contribution in [1.29, 1.82) is 0 Å². The summed E-state index contributed by atoms with van der Waals surface area (Å²) in [5.41, 5.74) is 0. The summed E-state index contributed by atoms with van der Waals surface area (Å²) in [5.74, 6) is 0.220. The average molecular weight is 384 g/mol. The highest BCUT2D eigenvalue weighted by Gasteiger charge is 2.26. The minimum absolute atomic E-state index is 0.108. The quantitative estimate of drug-likeness (QED) is 0.762. The molecule has 6 nitrogen and oxygen atoms in total. The van der Waals surface area contributed by atoms with Crippen LogP contribution in [-0.2, 0) is 4.79 Å².